The lowest BCUT2D eigenvalue weighted by molar-refractivity contribution is -0.529. The van der Waals surface area contributed by atoms with Gasteiger partial charge in [0.2, 0.25) is 11.9 Å². The quantitative estimate of drug-likeness (QED) is 0.685. The van der Waals surface area contributed by atoms with Crippen LogP contribution in [0.4, 0.5) is 13.2 Å². The van der Waals surface area contributed by atoms with E-state index >= 15 is 0 Å². The highest BCUT2D eigenvalue weighted by molar-refractivity contribution is 5.77. The molecule has 9 heteroatoms. The normalized spacial score (nSPS) is 22.5. The molecule has 0 saturated carbocycles. The summed E-state index contributed by atoms with van der Waals surface area (Å²) in [7, 11) is 0. The van der Waals surface area contributed by atoms with Crippen LogP contribution in [0.15, 0.2) is 24.3 Å². The smallest absolute Gasteiger partial charge is 0.406 e. The molecule has 0 bridgehead atoms. The minimum atomic E-state index is -4.80. The Balaban J connectivity index is 2.19. The van der Waals surface area contributed by atoms with Crippen molar-refractivity contribution in [1.82, 2.24) is 5.32 Å². The van der Waals surface area contributed by atoms with Crippen molar-refractivity contribution >= 4 is 5.91 Å². The number of nitrogens with zero attached hydrogens (tertiary/aromatic N) is 1. The number of hydrogen-bond acceptors (Lipinski definition) is 4. The summed E-state index contributed by atoms with van der Waals surface area (Å²) in [5.74, 6) is -0.750. The van der Waals surface area contributed by atoms with E-state index in [4.69, 9.17) is 0 Å². The van der Waals surface area contributed by atoms with Crippen LogP contribution in [0.1, 0.15) is 24.4 Å². The Morgan fingerprint density at radius 2 is 1.90 bits per heavy atom. The minimum Gasteiger partial charge on any atom is -0.406 e. The van der Waals surface area contributed by atoms with Crippen LogP contribution in [0.2, 0.25) is 0 Å². The second-order valence-electron chi connectivity index (χ2n) is 4.55. The summed E-state index contributed by atoms with van der Waals surface area (Å²) in [5, 5.41) is 13.5. The van der Waals surface area contributed by atoms with Crippen molar-refractivity contribution in [2.75, 3.05) is 0 Å². The lowest BCUT2D eigenvalue weighted by Crippen LogP contribution is -2.45. The number of hydrogen-bond donors (Lipinski definition) is 1. The highest BCUT2D eigenvalue weighted by Gasteiger charge is 2.38. The standard InChI is InChI=1S/C12H11F3N2O4/c13-12(14,15)21-8-3-1-7(2-4-8)11-9(17(19)20)5-6-10(18)16-11/h1-4,9,11H,5-6H2,(H,16,18). The van der Waals surface area contributed by atoms with Crippen molar-refractivity contribution in [2.24, 2.45) is 0 Å². The van der Waals surface area contributed by atoms with Crippen molar-refractivity contribution in [1.29, 1.82) is 0 Å². The van der Waals surface area contributed by atoms with E-state index in [1.165, 1.54) is 12.1 Å². The molecule has 1 fully saturated rings. The predicted octanol–water partition coefficient (Wildman–Crippen LogP) is 2.18. The van der Waals surface area contributed by atoms with Crippen LogP contribution in [0, 0.1) is 10.1 Å². The van der Waals surface area contributed by atoms with Crippen LogP contribution in [0.5, 0.6) is 5.75 Å². The average Bonchev–Trinajstić information content (AvgIpc) is 2.37. The molecule has 2 unspecified atom stereocenters. The summed E-state index contributed by atoms with van der Waals surface area (Å²) in [6.07, 6.45) is -4.66. The first kappa shape index (κ1) is 15.1. The van der Waals surface area contributed by atoms with Gasteiger partial charge in [0.05, 0.1) is 0 Å². The highest BCUT2D eigenvalue weighted by Crippen LogP contribution is 2.29. The van der Waals surface area contributed by atoms with Gasteiger partial charge < -0.3 is 10.1 Å². The van der Waals surface area contributed by atoms with E-state index in [1.54, 1.807) is 0 Å². The second kappa shape index (κ2) is 5.58. The van der Waals surface area contributed by atoms with Crippen LogP contribution in [0.25, 0.3) is 0 Å². The molecule has 1 aliphatic rings. The van der Waals surface area contributed by atoms with E-state index in [0.29, 0.717) is 5.56 Å². The number of carbonyl (C=O) groups is 1. The van der Waals surface area contributed by atoms with Gasteiger partial charge in [-0.25, -0.2) is 0 Å². The summed E-state index contributed by atoms with van der Waals surface area (Å²) < 4.78 is 39.9. The number of benzene rings is 1. The number of piperidine rings is 1. The van der Waals surface area contributed by atoms with Gasteiger partial charge in [0.1, 0.15) is 11.8 Å². The van der Waals surface area contributed by atoms with Gasteiger partial charge in [-0.2, -0.15) is 0 Å². The number of nitrogens with one attached hydrogen (secondary N) is 1. The van der Waals surface area contributed by atoms with Gasteiger partial charge in [-0.15, -0.1) is 13.2 Å². The van der Waals surface area contributed by atoms with E-state index in [9.17, 15) is 28.1 Å². The first-order valence-corrected chi connectivity index (χ1v) is 6.05. The van der Waals surface area contributed by atoms with Gasteiger partial charge in [-0.3, -0.25) is 14.9 Å². The Kier molecular flexibility index (Phi) is 4.01. The molecule has 1 aliphatic heterocycles. The maximum atomic E-state index is 12.0. The van der Waals surface area contributed by atoms with Gasteiger partial charge in [0.25, 0.3) is 0 Å². The van der Waals surface area contributed by atoms with E-state index < -0.39 is 29.1 Å². The number of halogens is 3. The van der Waals surface area contributed by atoms with E-state index in [1.807, 2.05) is 0 Å². The third-order valence-corrected chi connectivity index (χ3v) is 3.11. The fourth-order valence-corrected chi connectivity index (χ4v) is 2.20. The Hall–Kier alpha value is -2.32. The molecule has 1 N–H and O–H groups in total. The molecule has 1 aromatic carbocycles. The van der Waals surface area contributed by atoms with Crippen molar-refractivity contribution in [2.45, 2.75) is 31.3 Å². The van der Waals surface area contributed by atoms with Gasteiger partial charge in [0, 0.05) is 17.8 Å². The molecule has 0 radical (unpaired) electrons. The van der Waals surface area contributed by atoms with Crippen molar-refractivity contribution in [3.05, 3.63) is 39.9 Å². The van der Waals surface area contributed by atoms with Crippen LogP contribution in [-0.2, 0) is 4.79 Å². The zero-order valence-electron chi connectivity index (χ0n) is 10.6. The molecule has 0 aliphatic carbocycles. The summed E-state index contributed by atoms with van der Waals surface area (Å²) in [6, 6.07) is 2.79. The molecule has 0 spiro atoms. The predicted molar refractivity (Wildman–Crippen MR) is 64.0 cm³/mol. The fourth-order valence-electron chi connectivity index (χ4n) is 2.20. The Bertz CT molecular complexity index is 544. The lowest BCUT2D eigenvalue weighted by atomic mass is 9.92. The SMILES string of the molecule is O=C1CCC([N+](=O)[O-])C(c2ccc(OC(F)(F)F)cc2)N1. The lowest BCUT2D eigenvalue weighted by Gasteiger charge is -2.26. The second-order valence-corrected chi connectivity index (χ2v) is 4.55. The van der Waals surface area contributed by atoms with Crippen molar-refractivity contribution in [3.8, 4) is 5.75 Å². The molecular weight excluding hydrogens is 293 g/mol. The van der Waals surface area contributed by atoms with Crippen LogP contribution >= 0.6 is 0 Å². The highest BCUT2D eigenvalue weighted by atomic mass is 19.4. The van der Waals surface area contributed by atoms with Gasteiger partial charge in [0.15, 0.2) is 0 Å². The Morgan fingerprint density at radius 3 is 2.43 bits per heavy atom. The van der Waals surface area contributed by atoms with E-state index in [-0.39, 0.29) is 18.7 Å². The molecule has 2 rings (SSSR count). The third-order valence-electron chi connectivity index (χ3n) is 3.11. The molecular formula is C12H11F3N2O4. The summed E-state index contributed by atoms with van der Waals surface area (Å²) in [5.41, 5.74) is 0.360. The van der Waals surface area contributed by atoms with Crippen LogP contribution in [0.3, 0.4) is 0 Å². The third kappa shape index (κ3) is 3.83. The summed E-state index contributed by atoms with van der Waals surface area (Å²) in [4.78, 5) is 21.8. The van der Waals surface area contributed by atoms with Gasteiger partial charge >= 0.3 is 6.36 Å². The molecule has 114 valence electrons. The average molecular weight is 304 g/mol. The van der Waals surface area contributed by atoms with Crippen molar-refractivity contribution in [3.63, 3.8) is 0 Å². The topological polar surface area (TPSA) is 81.5 Å². The number of alkyl halides is 3. The van der Waals surface area contributed by atoms with E-state index in [0.717, 1.165) is 12.1 Å². The zero-order valence-corrected chi connectivity index (χ0v) is 10.6. The first-order valence-electron chi connectivity index (χ1n) is 6.05. The number of amides is 1. The molecule has 2 atom stereocenters. The van der Waals surface area contributed by atoms with Crippen LogP contribution < -0.4 is 10.1 Å². The molecule has 1 saturated heterocycles. The molecule has 1 heterocycles. The maximum absolute atomic E-state index is 12.0. The summed E-state index contributed by atoms with van der Waals surface area (Å²) in [6.45, 7) is 0. The zero-order chi connectivity index (χ0) is 15.6. The maximum Gasteiger partial charge on any atom is 0.573 e. The number of rotatable bonds is 3. The van der Waals surface area contributed by atoms with E-state index in [2.05, 4.69) is 10.1 Å². The first-order chi connectivity index (χ1) is 9.76. The van der Waals surface area contributed by atoms with Crippen LogP contribution in [-0.4, -0.2) is 23.2 Å². The van der Waals surface area contributed by atoms with Gasteiger partial charge in [-0.1, -0.05) is 12.1 Å². The molecule has 1 aromatic rings. The summed E-state index contributed by atoms with van der Waals surface area (Å²) >= 11 is 0. The Morgan fingerprint density at radius 1 is 1.29 bits per heavy atom. The number of carbonyl (C=O) groups excluding carboxylic acids is 1. The Labute approximate surface area is 117 Å². The largest absolute Gasteiger partial charge is 0.573 e. The minimum absolute atomic E-state index is 0.0530. The molecule has 6 nitrogen and oxygen atoms in total. The molecule has 21 heavy (non-hydrogen) atoms. The molecule has 1 amide bonds. The number of ether oxygens (including phenoxy) is 1. The number of nitro groups is 1. The fraction of sp³-hybridized carbons (Fsp3) is 0.417. The monoisotopic (exact) mass is 304 g/mol. The molecule has 0 aromatic heterocycles. The van der Waals surface area contributed by atoms with Gasteiger partial charge in [-0.05, 0) is 17.7 Å². The van der Waals surface area contributed by atoms with Crippen molar-refractivity contribution < 1.29 is 27.6 Å².